The lowest BCUT2D eigenvalue weighted by atomic mass is 9.83. The Hall–Kier alpha value is -4.72. The Morgan fingerprint density at radius 2 is 0.844 bits per heavy atom. The van der Waals surface area contributed by atoms with E-state index in [0.29, 0.717) is 10.8 Å². The normalized spacial score (nSPS) is 10.9. The van der Waals surface area contributed by atoms with Gasteiger partial charge in [0.05, 0.1) is 22.3 Å². The number of benzene rings is 4. The first-order valence-electron chi connectivity index (χ1n) is 9.27. The highest BCUT2D eigenvalue weighted by Gasteiger charge is 2.30. The third kappa shape index (κ3) is 3.10. The summed E-state index contributed by atoms with van der Waals surface area (Å²) in [5.41, 5.74) is -2.63. The fraction of sp³-hybridized carbons (Fsp3) is 0. The predicted octanol–water partition coefficient (Wildman–Crippen LogP) is 4.45. The first-order valence-corrected chi connectivity index (χ1v) is 9.27. The van der Waals surface area contributed by atoms with Crippen molar-refractivity contribution in [3.05, 3.63) is 82.9 Å². The smallest absolute Gasteiger partial charge is 0.337 e. The molecule has 158 valence electrons. The molecule has 0 radical (unpaired) electrons. The summed E-state index contributed by atoms with van der Waals surface area (Å²) in [6, 6.07) is 15.1. The number of hydrogen-bond acceptors (Lipinski definition) is 4. The van der Waals surface area contributed by atoms with Gasteiger partial charge in [-0.2, -0.15) is 0 Å². The molecule has 0 bridgehead atoms. The molecule has 0 saturated carbocycles. The Balaban J connectivity index is 2.40. The van der Waals surface area contributed by atoms with Crippen LogP contribution in [-0.4, -0.2) is 44.3 Å². The van der Waals surface area contributed by atoms with Gasteiger partial charge in [-0.05, 0) is 33.7 Å². The number of fused-ring (bicyclic) bond motifs is 2. The van der Waals surface area contributed by atoms with Gasteiger partial charge in [0.25, 0.3) is 0 Å². The summed E-state index contributed by atoms with van der Waals surface area (Å²) in [5, 5.41) is 40.6. The van der Waals surface area contributed by atoms with Crippen LogP contribution < -0.4 is 0 Å². The van der Waals surface area contributed by atoms with Crippen LogP contribution in [0.25, 0.3) is 32.7 Å². The molecule has 0 aliphatic rings. The molecule has 4 aromatic carbocycles. The second-order valence-corrected chi connectivity index (χ2v) is 7.01. The van der Waals surface area contributed by atoms with Crippen LogP contribution >= 0.6 is 0 Å². The van der Waals surface area contributed by atoms with Crippen molar-refractivity contribution >= 4 is 45.4 Å². The summed E-state index contributed by atoms with van der Waals surface area (Å²) in [4.78, 5) is 48.4. The van der Waals surface area contributed by atoms with E-state index >= 15 is 0 Å². The largest absolute Gasteiger partial charge is 0.478 e. The van der Waals surface area contributed by atoms with Crippen LogP contribution in [0.1, 0.15) is 41.4 Å². The van der Waals surface area contributed by atoms with Crippen molar-refractivity contribution in [2.75, 3.05) is 0 Å². The van der Waals surface area contributed by atoms with Crippen LogP contribution in [0, 0.1) is 0 Å². The van der Waals surface area contributed by atoms with Crippen molar-refractivity contribution < 1.29 is 39.6 Å². The van der Waals surface area contributed by atoms with Crippen LogP contribution in [0.15, 0.2) is 60.7 Å². The minimum absolute atomic E-state index is 0.162. The van der Waals surface area contributed by atoms with Crippen LogP contribution in [0.5, 0.6) is 0 Å². The van der Waals surface area contributed by atoms with E-state index in [9.17, 15) is 39.6 Å². The molecule has 0 aliphatic carbocycles. The molecule has 0 unspecified atom stereocenters. The van der Waals surface area contributed by atoms with Gasteiger partial charge in [0.2, 0.25) is 0 Å². The molecule has 8 heteroatoms. The van der Waals surface area contributed by atoms with Crippen LogP contribution in [0.3, 0.4) is 0 Å². The zero-order chi connectivity index (χ0) is 23.2. The monoisotopic (exact) mass is 430 g/mol. The Morgan fingerprint density at radius 3 is 1.16 bits per heavy atom. The minimum Gasteiger partial charge on any atom is -0.478 e. The van der Waals surface area contributed by atoms with Crippen LogP contribution in [0.4, 0.5) is 0 Å². The quantitative estimate of drug-likeness (QED) is 0.363. The molecule has 0 amide bonds. The fourth-order valence-corrected chi connectivity index (χ4v) is 4.00. The lowest BCUT2D eigenvalue weighted by molar-refractivity contribution is 0.0650. The van der Waals surface area contributed by atoms with E-state index < -0.39 is 46.1 Å². The van der Waals surface area contributed by atoms with E-state index in [1.807, 2.05) is 0 Å². The minimum atomic E-state index is -1.58. The van der Waals surface area contributed by atoms with Gasteiger partial charge in [-0.3, -0.25) is 0 Å². The Kier molecular flexibility index (Phi) is 4.82. The molecular weight excluding hydrogens is 416 g/mol. The third-order valence-corrected chi connectivity index (χ3v) is 5.24. The zero-order valence-corrected chi connectivity index (χ0v) is 16.2. The number of aromatic carboxylic acids is 4. The highest BCUT2D eigenvalue weighted by Crippen LogP contribution is 2.42. The molecule has 4 N–H and O–H groups in total. The summed E-state index contributed by atoms with van der Waals surface area (Å²) in [7, 11) is 0. The van der Waals surface area contributed by atoms with Gasteiger partial charge >= 0.3 is 23.9 Å². The Bertz CT molecular complexity index is 1370. The summed E-state index contributed by atoms with van der Waals surface area (Å²) >= 11 is 0. The van der Waals surface area contributed by atoms with Gasteiger partial charge in [0, 0.05) is 11.1 Å². The van der Waals surface area contributed by atoms with Crippen LogP contribution in [-0.2, 0) is 0 Å². The van der Waals surface area contributed by atoms with E-state index in [0.717, 1.165) is 0 Å². The van der Waals surface area contributed by atoms with Crippen molar-refractivity contribution in [3.8, 4) is 11.1 Å². The standard InChI is InChI=1S/C24H14O8/c25-21(26)15-9-11-5-1-3-7-13(11)17(19(15)23(29)30)18-14-8-4-2-6-12(14)10-16(22(27)28)20(18)24(31)32/h1-10H,(H,25,26)(H,27,28)(H,29,30)(H,31,32). The highest BCUT2D eigenvalue weighted by molar-refractivity contribution is 6.22. The van der Waals surface area contributed by atoms with Crippen molar-refractivity contribution in [1.82, 2.24) is 0 Å². The Labute approximate surface area is 179 Å². The lowest BCUT2D eigenvalue weighted by Gasteiger charge is -2.19. The molecular formula is C24H14O8. The predicted molar refractivity (Wildman–Crippen MR) is 115 cm³/mol. The maximum Gasteiger partial charge on any atom is 0.337 e. The summed E-state index contributed by atoms with van der Waals surface area (Å²) < 4.78 is 0. The molecule has 4 aromatic rings. The molecule has 4 rings (SSSR count). The molecule has 32 heavy (non-hydrogen) atoms. The zero-order valence-electron chi connectivity index (χ0n) is 16.2. The summed E-state index contributed by atoms with van der Waals surface area (Å²) in [6.07, 6.45) is 0. The van der Waals surface area contributed by atoms with Crippen LogP contribution in [0.2, 0.25) is 0 Å². The first-order chi connectivity index (χ1) is 15.2. The molecule has 0 fully saturated rings. The maximum absolute atomic E-state index is 12.3. The number of rotatable bonds is 5. The summed E-state index contributed by atoms with van der Waals surface area (Å²) in [5.74, 6) is -6.18. The van der Waals surface area contributed by atoms with Gasteiger partial charge in [-0.25, -0.2) is 19.2 Å². The highest BCUT2D eigenvalue weighted by atomic mass is 16.4. The molecule has 0 atom stereocenters. The van der Waals surface area contributed by atoms with Crippen molar-refractivity contribution in [3.63, 3.8) is 0 Å². The summed E-state index contributed by atoms with van der Waals surface area (Å²) in [6.45, 7) is 0. The average Bonchev–Trinajstić information content (AvgIpc) is 2.76. The molecule has 0 aliphatic heterocycles. The van der Waals surface area contributed by atoms with Gasteiger partial charge < -0.3 is 20.4 Å². The van der Waals surface area contributed by atoms with E-state index in [1.165, 1.54) is 24.3 Å². The van der Waals surface area contributed by atoms with Crippen molar-refractivity contribution in [2.24, 2.45) is 0 Å². The van der Waals surface area contributed by atoms with Crippen molar-refractivity contribution in [1.29, 1.82) is 0 Å². The number of carboxylic acid groups (broad SMARTS) is 4. The number of carbonyl (C=O) groups is 4. The van der Waals surface area contributed by atoms with Gasteiger partial charge in [0.15, 0.2) is 0 Å². The molecule has 8 nitrogen and oxygen atoms in total. The number of carboxylic acids is 4. The SMILES string of the molecule is O=C(O)c1cc2ccccc2c(-c2c(C(=O)O)c(C(=O)O)cc3ccccc23)c1C(=O)O. The fourth-order valence-electron chi connectivity index (χ4n) is 4.00. The Morgan fingerprint density at radius 1 is 0.500 bits per heavy atom. The van der Waals surface area contributed by atoms with E-state index in [4.69, 9.17) is 0 Å². The maximum atomic E-state index is 12.3. The van der Waals surface area contributed by atoms with E-state index in [2.05, 4.69) is 0 Å². The van der Waals surface area contributed by atoms with Crippen molar-refractivity contribution in [2.45, 2.75) is 0 Å². The third-order valence-electron chi connectivity index (χ3n) is 5.24. The van der Waals surface area contributed by atoms with E-state index in [-0.39, 0.29) is 21.9 Å². The molecule has 0 aromatic heterocycles. The average molecular weight is 430 g/mol. The van der Waals surface area contributed by atoms with Gasteiger partial charge in [-0.1, -0.05) is 48.5 Å². The van der Waals surface area contributed by atoms with Gasteiger partial charge in [-0.15, -0.1) is 0 Å². The second-order valence-electron chi connectivity index (χ2n) is 7.01. The molecule has 0 saturated heterocycles. The van der Waals surface area contributed by atoms with E-state index in [1.54, 1.807) is 36.4 Å². The topological polar surface area (TPSA) is 149 Å². The first kappa shape index (κ1) is 20.5. The lowest BCUT2D eigenvalue weighted by Crippen LogP contribution is -2.14. The molecule has 0 heterocycles. The number of hydrogen-bond donors (Lipinski definition) is 4. The van der Waals surface area contributed by atoms with Gasteiger partial charge in [0.1, 0.15) is 0 Å². The molecule has 0 spiro atoms. The second kappa shape index (κ2) is 7.51.